The Balaban J connectivity index is 1.72. The van der Waals surface area contributed by atoms with E-state index in [1.54, 1.807) is 18.4 Å². The molecule has 2 aromatic rings. The van der Waals surface area contributed by atoms with E-state index in [1.165, 1.54) is 10.4 Å². The molecule has 26 heavy (non-hydrogen) atoms. The summed E-state index contributed by atoms with van der Waals surface area (Å²) in [6.45, 7) is 5.71. The molecule has 0 amide bonds. The fraction of sp³-hybridized carbons (Fsp3) is 0.421. The number of thiophene rings is 1. The molecule has 4 rings (SSSR count). The highest BCUT2D eigenvalue weighted by atomic mass is 35.5. The van der Waals surface area contributed by atoms with Crippen molar-refractivity contribution in [2.45, 2.75) is 19.4 Å². The van der Waals surface area contributed by atoms with Crippen molar-refractivity contribution in [1.29, 1.82) is 0 Å². The maximum Gasteiger partial charge on any atom is 0.139 e. The van der Waals surface area contributed by atoms with Crippen molar-refractivity contribution in [1.82, 2.24) is 10.2 Å². The lowest BCUT2D eigenvalue weighted by Gasteiger charge is -2.35. The van der Waals surface area contributed by atoms with Crippen LogP contribution in [0.2, 0.25) is 5.02 Å². The van der Waals surface area contributed by atoms with Crippen LogP contribution in [0.5, 0.6) is 0 Å². The van der Waals surface area contributed by atoms with Crippen LogP contribution in [0.25, 0.3) is 0 Å². The first-order valence-electron chi connectivity index (χ1n) is 8.87. The second-order valence-corrected chi connectivity index (χ2v) is 8.39. The first-order chi connectivity index (χ1) is 12.6. The maximum absolute atomic E-state index is 6.22. The lowest BCUT2D eigenvalue weighted by Crippen LogP contribution is -2.53. The molecule has 1 fully saturated rings. The zero-order valence-corrected chi connectivity index (χ0v) is 16.6. The van der Waals surface area contributed by atoms with Gasteiger partial charge in [-0.15, -0.1) is 11.3 Å². The second kappa shape index (κ2) is 7.56. The molecule has 1 unspecified atom stereocenters. The van der Waals surface area contributed by atoms with E-state index in [9.17, 15) is 0 Å². The number of halogens is 1. The number of nitrogens with one attached hydrogen (secondary N) is 2. The number of anilines is 2. The third-order valence-corrected chi connectivity index (χ3v) is 5.96. The van der Waals surface area contributed by atoms with E-state index >= 15 is 0 Å². The Labute approximate surface area is 163 Å². The number of hydrogen-bond donors (Lipinski definition) is 2. The summed E-state index contributed by atoms with van der Waals surface area (Å²) < 4.78 is 5.25. The summed E-state index contributed by atoms with van der Waals surface area (Å²) >= 11 is 7.99. The summed E-state index contributed by atoms with van der Waals surface area (Å²) in [6, 6.07) is 8.47. The minimum absolute atomic E-state index is 0.407. The highest BCUT2D eigenvalue weighted by Crippen LogP contribution is 2.40. The van der Waals surface area contributed by atoms with Crippen LogP contribution < -0.4 is 10.6 Å². The molecule has 2 aliphatic rings. The molecular formula is C19H23ClN4OS. The minimum Gasteiger partial charge on any atom is -0.385 e. The average molecular weight is 391 g/mol. The minimum atomic E-state index is 0.407. The van der Waals surface area contributed by atoms with Gasteiger partial charge in [-0.05, 0) is 37.6 Å². The topological polar surface area (TPSA) is 48.9 Å². The standard InChI is InChI=1S/C19H23ClN4OS/c1-12-9-15-18(24-7-6-21-14(11-24)5-8-25-2)22-17-10-13(20)3-4-16(17)23-19(15)26-12/h3-4,9-10,14,21,23H,5-8,11H2,1-2H3. The Morgan fingerprint density at radius 2 is 2.27 bits per heavy atom. The van der Waals surface area contributed by atoms with Gasteiger partial charge in [0.2, 0.25) is 0 Å². The van der Waals surface area contributed by atoms with Crippen LogP contribution in [-0.4, -0.2) is 50.1 Å². The molecule has 138 valence electrons. The van der Waals surface area contributed by atoms with Crippen molar-refractivity contribution < 1.29 is 4.74 Å². The molecule has 0 aliphatic carbocycles. The maximum atomic E-state index is 6.22. The highest BCUT2D eigenvalue weighted by Gasteiger charge is 2.27. The second-order valence-electron chi connectivity index (χ2n) is 6.70. The third-order valence-electron chi connectivity index (χ3n) is 4.76. The third kappa shape index (κ3) is 3.60. The monoisotopic (exact) mass is 390 g/mol. The number of nitrogens with zero attached hydrogens (tertiary/aromatic N) is 2. The summed E-state index contributed by atoms with van der Waals surface area (Å²) in [7, 11) is 1.75. The van der Waals surface area contributed by atoms with Gasteiger partial charge in [0.25, 0.3) is 0 Å². The van der Waals surface area contributed by atoms with Crippen LogP contribution in [0.1, 0.15) is 16.9 Å². The fourth-order valence-corrected chi connectivity index (χ4v) is 4.57. The average Bonchev–Trinajstić information content (AvgIpc) is 2.93. The lowest BCUT2D eigenvalue weighted by atomic mass is 10.1. The van der Waals surface area contributed by atoms with Crippen molar-refractivity contribution in [3.63, 3.8) is 0 Å². The number of rotatable bonds is 3. The van der Waals surface area contributed by atoms with Crippen LogP contribution in [0.15, 0.2) is 29.3 Å². The van der Waals surface area contributed by atoms with Gasteiger partial charge in [-0.3, -0.25) is 0 Å². The Hall–Kier alpha value is -1.60. The van der Waals surface area contributed by atoms with Gasteiger partial charge in [-0.25, -0.2) is 4.99 Å². The van der Waals surface area contributed by atoms with E-state index in [0.29, 0.717) is 11.1 Å². The summed E-state index contributed by atoms with van der Waals surface area (Å²) in [5.74, 6) is 1.03. The normalized spacial score (nSPS) is 19.3. The number of aliphatic imine (C=N–C) groups is 1. The molecule has 1 aromatic carbocycles. The fourth-order valence-electron chi connectivity index (χ4n) is 3.49. The number of aryl methyl sites for hydroxylation is 1. The van der Waals surface area contributed by atoms with E-state index < -0.39 is 0 Å². The Morgan fingerprint density at radius 3 is 3.12 bits per heavy atom. The molecule has 1 saturated heterocycles. The predicted molar refractivity (Wildman–Crippen MR) is 110 cm³/mol. The summed E-state index contributed by atoms with van der Waals surface area (Å²) in [5.41, 5.74) is 3.06. The first-order valence-corrected chi connectivity index (χ1v) is 10.1. The molecule has 3 heterocycles. The number of amidine groups is 1. The number of hydrogen-bond acceptors (Lipinski definition) is 6. The molecule has 2 N–H and O–H groups in total. The van der Waals surface area contributed by atoms with Crippen molar-refractivity contribution in [2.75, 3.05) is 38.7 Å². The Kier molecular flexibility index (Phi) is 5.18. The molecular weight excluding hydrogens is 368 g/mol. The molecule has 1 aromatic heterocycles. The molecule has 0 radical (unpaired) electrons. The van der Waals surface area contributed by atoms with E-state index in [4.69, 9.17) is 21.3 Å². The lowest BCUT2D eigenvalue weighted by molar-refractivity contribution is 0.168. The molecule has 5 nitrogen and oxygen atoms in total. The largest absolute Gasteiger partial charge is 0.385 e. The van der Waals surface area contributed by atoms with Gasteiger partial charge < -0.3 is 20.3 Å². The predicted octanol–water partition coefficient (Wildman–Crippen LogP) is 4.16. The SMILES string of the molecule is COCCC1CN(C2=Nc3cc(Cl)ccc3Nc3sc(C)cc32)CCN1. The van der Waals surface area contributed by atoms with E-state index in [1.807, 2.05) is 18.2 Å². The van der Waals surface area contributed by atoms with Gasteiger partial charge >= 0.3 is 0 Å². The van der Waals surface area contributed by atoms with Crippen molar-refractivity contribution in [3.8, 4) is 0 Å². The van der Waals surface area contributed by atoms with Gasteiger partial charge in [0, 0.05) is 49.3 Å². The number of methoxy groups -OCH3 is 1. The quantitative estimate of drug-likeness (QED) is 0.826. The van der Waals surface area contributed by atoms with E-state index in [2.05, 4.69) is 28.5 Å². The van der Waals surface area contributed by atoms with E-state index in [0.717, 1.165) is 54.9 Å². The molecule has 0 spiro atoms. The molecule has 0 saturated carbocycles. The van der Waals surface area contributed by atoms with Gasteiger partial charge in [0.05, 0.1) is 16.9 Å². The zero-order valence-electron chi connectivity index (χ0n) is 15.0. The van der Waals surface area contributed by atoms with Crippen molar-refractivity contribution in [2.24, 2.45) is 4.99 Å². The van der Waals surface area contributed by atoms with Crippen molar-refractivity contribution in [3.05, 3.63) is 39.7 Å². The number of ether oxygens (including phenoxy) is 1. The number of benzene rings is 1. The molecule has 7 heteroatoms. The number of fused-ring (bicyclic) bond motifs is 2. The van der Waals surface area contributed by atoms with Crippen LogP contribution in [-0.2, 0) is 4.74 Å². The first kappa shape index (κ1) is 17.8. The van der Waals surface area contributed by atoms with Gasteiger partial charge in [0.15, 0.2) is 0 Å². The number of piperazine rings is 1. The van der Waals surface area contributed by atoms with Crippen LogP contribution >= 0.6 is 22.9 Å². The zero-order chi connectivity index (χ0) is 18.1. The van der Waals surface area contributed by atoms with Crippen LogP contribution in [0, 0.1) is 6.92 Å². The Morgan fingerprint density at radius 1 is 1.38 bits per heavy atom. The van der Waals surface area contributed by atoms with Gasteiger partial charge in [-0.1, -0.05) is 11.6 Å². The summed E-state index contributed by atoms with van der Waals surface area (Å²) in [4.78, 5) is 8.70. The Bertz CT molecular complexity index is 835. The van der Waals surface area contributed by atoms with E-state index in [-0.39, 0.29) is 0 Å². The molecule has 2 aliphatic heterocycles. The van der Waals surface area contributed by atoms with Crippen molar-refractivity contribution >= 4 is 45.1 Å². The summed E-state index contributed by atoms with van der Waals surface area (Å²) in [5, 5.41) is 8.98. The smallest absolute Gasteiger partial charge is 0.139 e. The molecule has 0 bridgehead atoms. The molecule has 1 atom stereocenters. The van der Waals surface area contributed by atoms with Gasteiger partial charge in [0.1, 0.15) is 10.8 Å². The summed E-state index contributed by atoms with van der Waals surface area (Å²) in [6.07, 6.45) is 0.996. The van der Waals surface area contributed by atoms with Gasteiger partial charge in [-0.2, -0.15) is 0 Å². The van der Waals surface area contributed by atoms with Crippen LogP contribution in [0.4, 0.5) is 16.4 Å². The van der Waals surface area contributed by atoms with Crippen LogP contribution in [0.3, 0.4) is 0 Å². The highest BCUT2D eigenvalue weighted by molar-refractivity contribution is 7.16.